The molecule has 1 aliphatic carbocycles. The summed E-state index contributed by atoms with van der Waals surface area (Å²) in [5.41, 5.74) is 0.0909. The standard InChI is InChI=1S/C10H12N2O2/c13-9(14)10(4-1-2-5-10)8-3-6-11-12-7-8/h3,6-7H,1-2,4-5H2,(H,13,14). The Balaban J connectivity index is 2.42. The van der Waals surface area contributed by atoms with E-state index in [-0.39, 0.29) is 0 Å². The van der Waals surface area contributed by atoms with Crippen molar-refractivity contribution in [2.75, 3.05) is 0 Å². The van der Waals surface area contributed by atoms with Crippen molar-refractivity contribution in [3.05, 3.63) is 24.0 Å². The minimum absolute atomic E-state index is 0.698. The van der Waals surface area contributed by atoms with Gasteiger partial charge in [0.25, 0.3) is 0 Å². The molecule has 1 aromatic rings. The second kappa shape index (κ2) is 3.36. The van der Waals surface area contributed by atoms with Crippen LogP contribution in [0.15, 0.2) is 18.5 Å². The summed E-state index contributed by atoms with van der Waals surface area (Å²) in [4.78, 5) is 11.3. The third-order valence-electron chi connectivity index (χ3n) is 3.00. The molecule has 4 heteroatoms. The molecule has 1 saturated carbocycles. The molecule has 1 fully saturated rings. The van der Waals surface area contributed by atoms with Gasteiger partial charge in [0.15, 0.2) is 0 Å². The molecule has 1 aromatic heterocycles. The van der Waals surface area contributed by atoms with E-state index in [1.54, 1.807) is 18.5 Å². The number of carboxylic acid groups (broad SMARTS) is 1. The van der Waals surface area contributed by atoms with E-state index < -0.39 is 11.4 Å². The van der Waals surface area contributed by atoms with E-state index in [0.29, 0.717) is 12.8 Å². The van der Waals surface area contributed by atoms with Gasteiger partial charge < -0.3 is 5.11 Å². The molecule has 0 aliphatic heterocycles. The second-order valence-corrected chi connectivity index (χ2v) is 3.73. The van der Waals surface area contributed by atoms with Crippen LogP contribution in [0.1, 0.15) is 31.2 Å². The Morgan fingerprint density at radius 1 is 1.36 bits per heavy atom. The maximum atomic E-state index is 11.3. The molecule has 0 unspecified atom stereocenters. The Bertz CT molecular complexity index is 331. The van der Waals surface area contributed by atoms with Gasteiger partial charge in [0.1, 0.15) is 0 Å². The van der Waals surface area contributed by atoms with Crippen LogP contribution in [0.2, 0.25) is 0 Å². The Morgan fingerprint density at radius 2 is 2.07 bits per heavy atom. The average molecular weight is 192 g/mol. The van der Waals surface area contributed by atoms with Gasteiger partial charge in [-0.15, -0.1) is 0 Å². The molecule has 4 nitrogen and oxygen atoms in total. The van der Waals surface area contributed by atoms with Crippen molar-refractivity contribution in [3.8, 4) is 0 Å². The Labute approximate surface area is 82.0 Å². The number of hydrogen-bond acceptors (Lipinski definition) is 3. The van der Waals surface area contributed by atoms with Gasteiger partial charge >= 0.3 is 5.97 Å². The van der Waals surface area contributed by atoms with E-state index >= 15 is 0 Å². The Hall–Kier alpha value is -1.45. The molecule has 1 aliphatic rings. The van der Waals surface area contributed by atoms with Crippen LogP contribution < -0.4 is 0 Å². The van der Waals surface area contributed by atoms with Gasteiger partial charge in [-0.25, -0.2) is 0 Å². The predicted octanol–water partition coefficient (Wildman–Crippen LogP) is 1.37. The third kappa shape index (κ3) is 1.27. The fourth-order valence-corrected chi connectivity index (χ4v) is 2.18. The summed E-state index contributed by atoms with van der Waals surface area (Å²) in [6, 6.07) is 1.76. The monoisotopic (exact) mass is 192 g/mol. The minimum Gasteiger partial charge on any atom is -0.481 e. The van der Waals surface area contributed by atoms with Gasteiger partial charge in [-0.05, 0) is 24.5 Å². The first kappa shape index (κ1) is 9.12. The Morgan fingerprint density at radius 3 is 2.57 bits per heavy atom. The van der Waals surface area contributed by atoms with Crippen molar-refractivity contribution in [2.24, 2.45) is 0 Å². The Kier molecular flexibility index (Phi) is 2.19. The summed E-state index contributed by atoms with van der Waals surface area (Å²) >= 11 is 0. The molecule has 1 N–H and O–H groups in total. The molecule has 74 valence electrons. The molecule has 0 aromatic carbocycles. The largest absolute Gasteiger partial charge is 0.481 e. The lowest BCUT2D eigenvalue weighted by Gasteiger charge is -2.23. The zero-order chi connectivity index (χ0) is 10.0. The van der Waals surface area contributed by atoms with Crippen LogP contribution in [0.4, 0.5) is 0 Å². The predicted molar refractivity (Wildman–Crippen MR) is 49.8 cm³/mol. The maximum absolute atomic E-state index is 11.3. The summed E-state index contributed by atoms with van der Waals surface area (Å²) < 4.78 is 0. The fourth-order valence-electron chi connectivity index (χ4n) is 2.18. The van der Waals surface area contributed by atoms with Gasteiger partial charge in [0.05, 0.1) is 11.6 Å². The molecule has 0 radical (unpaired) electrons. The third-order valence-corrected chi connectivity index (χ3v) is 3.00. The molecule has 0 amide bonds. The highest BCUT2D eigenvalue weighted by Gasteiger charge is 2.43. The molecule has 1 heterocycles. The van der Waals surface area contributed by atoms with Crippen molar-refractivity contribution in [1.82, 2.24) is 10.2 Å². The highest BCUT2D eigenvalue weighted by molar-refractivity contribution is 5.81. The first-order chi connectivity index (χ1) is 6.76. The molecular formula is C10H12N2O2. The molecule has 0 atom stereocenters. The number of hydrogen-bond donors (Lipinski definition) is 1. The average Bonchev–Trinajstić information content (AvgIpc) is 2.69. The van der Waals surface area contributed by atoms with Crippen molar-refractivity contribution >= 4 is 5.97 Å². The summed E-state index contributed by atoms with van der Waals surface area (Å²) in [5.74, 6) is -0.733. The first-order valence-corrected chi connectivity index (χ1v) is 4.76. The van der Waals surface area contributed by atoms with Crippen LogP contribution in [0.5, 0.6) is 0 Å². The van der Waals surface area contributed by atoms with Crippen molar-refractivity contribution in [2.45, 2.75) is 31.1 Å². The number of carboxylic acids is 1. The first-order valence-electron chi connectivity index (χ1n) is 4.76. The summed E-state index contributed by atoms with van der Waals surface area (Å²) in [6.45, 7) is 0. The minimum atomic E-state index is -0.733. The topological polar surface area (TPSA) is 63.1 Å². The molecule has 0 bridgehead atoms. The maximum Gasteiger partial charge on any atom is 0.314 e. The van der Waals surface area contributed by atoms with Crippen molar-refractivity contribution in [3.63, 3.8) is 0 Å². The molecule has 0 spiro atoms. The normalized spacial score (nSPS) is 19.4. The van der Waals surface area contributed by atoms with Crippen LogP contribution >= 0.6 is 0 Å². The quantitative estimate of drug-likeness (QED) is 0.768. The van der Waals surface area contributed by atoms with Crippen molar-refractivity contribution in [1.29, 1.82) is 0 Å². The molecule has 0 saturated heterocycles. The number of carbonyl (C=O) groups is 1. The van der Waals surface area contributed by atoms with Crippen LogP contribution in [0.25, 0.3) is 0 Å². The lowest BCUT2D eigenvalue weighted by Crippen LogP contribution is -2.32. The lowest BCUT2D eigenvalue weighted by molar-refractivity contribution is -0.143. The van der Waals surface area contributed by atoms with E-state index in [1.807, 2.05) is 0 Å². The summed E-state index contributed by atoms with van der Waals surface area (Å²) in [5, 5.41) is 16.7. The molecular weight excluding hydrogens is 180 g/mol. The highest BCUT2D eigenvalue weighted by atomic mass is 16.4. The van der Waals surface area contributed by atoms with E-state index in [2.05, 4.69) is 10.2 Å². The number of nitrogens with zero attached hydrogens (tertiary/aromatic N) is 2. The zero-order valence-corrected chi connectivity index (χ0v) is 7.81. The lowest BCUT2D eigenvalue weighted by atomic mass is 9.80. The van der Waals surface area contributed by atoms with Gasteiger partial charge in [0, 0.05) is 6.20 Å². The molecule has 14 heavy (non-hydrogen) atoms. The van der Waals surface area contributed by atoms with Gasteiger partial charge in [-0.3, -0.25) is 4.79 Å². The van der Waals surface area contributed by atoms with E-state index in [9.17, 15) is 9.90 Å². The van der Waals surface area contributed by atoms with Gasteiger partial charge in [-0.1, -0.05) is 12.8 Å². The van der Waals surface area contributed by atoms with Crippen LogP contribution in [-0.4, -0.2) is 21.3 Å². The van der Waals surface area contributed by atoms with Crippen LogP contribution in [0, 0.1) is 0 Å². The summed E-state index contributed by atoms with van der Waals surface area (Å²) in [7, 11) is 0. The highest BCUT2D eigenvalue weighted by Crippen LogP contribution is 2.40. The molecule has 2 rings (SSSR count). The smallest absolute Gasteiger partial charge is 0.314 e. The van der Waals surface area contributed by atoms with Crippen LogP contribution in [-0.2, 0) is 10.2 Å². The SMILES string of the molecule is O=C(O)C1(c2ccnnc2)CCCC1. The summed E-state index contributed by atoms with van der Waals surface area (Å²) in [6.07, 6.45) is 6.52. The van der Waals surface area contributed by atoms with Gasteiger partial charge in [-0.2, -0.15) is 10.2 Å². The van der Waals surface area contributed by atoms with Gasteiger partial charge in [0.2, 0.25) is 0 Å². The number of rotatable bonds is 2. The second-order valence-electron chi connectivity index (χ2n) is 3.73. The van der Waals surface area contributed by atoms with E-state index in [0.717, 1.165) is 18.4 Å². The zero-order valence-electron chi connectivity index (χ0n) is 7.81. The number of aliphatic carboxylic acids is 1. The van der Waals surface area contributed by atoms with Crippen LogP contribution in [0.3, 0.4) is 0 Å². The van der Waals surface area contributed by atoms with Crippen molar-refractivity contribution < 1.29 is 9.90 Å². The van der Waals surface area contributed by atoms with E-state index in [4.69, 9.17) is 0 Å². The van der Waals surface area contributed by atoms with E-state index in [1.165, 1.54) is 0 Å². The number of aromatic nitrogens is 2. The fraction of sp³-hybridized carbons (Fsp3) is 0.500.